The number of rotatable bonds is 4. The molecular weight excluding hydrogens is 202 g/mol. The fourth-order valence-electron chi connectivity index (χ4n) is 2.28. The highest BCUT2D eigenvalue weighted by Gasteiger charge is 2.42. The van der Waals surface area contributed by atoms with Crippen molar-refractivity contribution in [2.75, 3.05) is 14.2 Å². The van der Waals surface area contributed by atoms with Crippen molar-refractivity contribution >= 4 is 0 Å². The molecule has 0 aliphatic heterocycles. The van der Waals surface area contributed by atoms with Crippen molar-refractivity contribution in [1.82, 2.24) is 0 Å². The first-order chi connectivity index (χ1) is 7.67. The van der Waals surface area contributed by atoms with E-state index in [4.69, 9.17) is 15.2 Å². The Morgan fingerprint density at radius 2 is 2.06 bits per heavy atom. The van der Waals surface area contributed by atoms with Gasteiger partial charge in [-0.3, -0.25) is 0 Å². The SMILES string of the molecule is COc1ccc(OC)c([C@H]2C[C@H]2[C@H](C)N)c1. The van der Waals surface area contributed by atoms with E-state index in [1.54, 1.807) is 14.2 Å². The average Bonchev–Trinajstić information content (AvgIpc) is 3.08. The summed E-state index contributed by atoms with van der Waals surface area (Å²) in [5.74, 6) is 2.94. The molecular formula is C13H19NO2. The number of methoxy groups -OCH3 is 2. The summed E-state index contributed by atoms with van der Waals surface area (Å²) in [7, 11) is 3.39. The second kappa shape index (κ2) is 4.34. The Hall–Kier alpha value is -1.22. The van der Waals surface area contributed by atoms with Gasteiger partial charge in [0, 0.05) is 11.6 Å². The zero-order valence-electron chi connectivity index (χ0n) is 10.1. The highest BCUT2D eigenvalue weighted by Crippen LogP contribution is 2.52. The maximum absolute atomic E-state index is 5.92. The van der Waals surface area contributed by atoms with Gasteiger partial charge in [0.25, 0.3) is 0 Å². The summed E-state index contributed by atoms with van der Waals surface area (Å²) in [5, 5.41) is 0. The standard InChI is InChI=1S/C13H19NO2/c1-8(14)10-7-11(10)12-6-9(15-2)4-5-13(12)16-3/h4-6,8,10-11H,7,14H2,1-3H3/t8-,10-,11-/m0/s1. The van der Waals surface area contributed by atoms with Crippen LogP contribution in [-0.2, 0) is 0 Å². The van der Waals surface area contributed by atoms with Crippen molar-refractivity contribution in [3.8, 4) is 11.5 Å². The van der Waals surface area contributed by atoms with Gasteiger partial charge in [0.15, 0.2) is 0 Å². The van der Waals surface area contributed by atoms with Crippen molar-refractivity contribution in [2.24, 2.45) is 11.7 Å². The molecule has 1 aliphatic carbocycles. The zero-order valence-corrected chi connectivity index (χ0v) is 10.1. The number of ether oxygens (including phenoxy) is 2. The predicted octanol–water partition coefficient (Wildman–Crippen LogP) is 2.15. The van der Waals surface area contributed by atoms with E-state index < -0.39 is 0 Å². The van der Waals surface area contributed by atoms with E-state index in [0.717, 1.165) is 17.9 Å². The van der Waals surface area contributed by atoms with Gasteiger partial charge in [-0.2, -0.15) is 0 Å². The molecule has 16 heavy (non-hydrogen) atoms. The Labute approximate surface area is 96.5 Å². The van der Waals surface area contributed by atoms with E-state index in [9.17, 15) is 0 Å². The molecule has 1 saturated carbocycles. The molecule has 0 saturated heterocycles. The molecule has 0 heterocycles. The monoisotopic (exact) mass is 221 g/mol. The van der Waals surface area contributed by atoms with Crippen molar-refractivity contribution in [3.05, 3.63) is 23.8 Å². The molecule has 0 aromatic heterocycles. The molecule has 2 N–H and O–H groups in total. The Morgan fingerprint density at radius 1 is 1.31 bits per heavy atom. The third-order valence-electron chi connectivity index (χ3n) is 3.35. The topological polar surface area (TPSA) is 44.5 Å². The van der Waals surface area contributed by atoms with Gasteiger partial charge in [0.1, 0.15) is 11.5 Å². The van der Waals surface area contributed by atoms with Crippen molar-refractivity contribution < 1.29 is 9.47 Å². The van der Waals surface area contributed by atoms with Crippen LogP contribution in [0.3, 0.4) is 0 Å². The van der Waals surface area contributed by atoms with Gasteiger partial charge in [-0.15, -0.1) is 0 Å². The van der Waals surface area contributed by atoms with Crippen molar-refractivity contribution in [1.29, 1.82) is 0 Å². The van der Waals surface area contributed by atoms with E-state index in [2.05, 4.69) is 13.0 Å². The number of hydrogen-bond acceptors (Lipinski definition) is 3. The first-order valence-corrected chi connectivity index (χ1v) is 5.65. The fraction of sp³-hybridized carbons (Fsp3) is 0.538. The van der Waals surface area contributed by atoms with E-state index in [0.29, 0.717) is 11.8 Å². The van der Waals surface area contributed by atoms with Gasteiger partial charge < -0.3 is 15.2 Å². The molecule has 0 unspecified atom stereocenters. The fourth-order valence-corrected chi connectivity index (χ4v) is 2.28. The quantitative estimate of drug-likeness (QED) is 0.847. The Bertz CT molecular complexity index is 376. The first-order valence-electron chi connectivity index (χ1n) is 5.65. The summed E-state index contributed by atoms with van der Waals surface area (Å²) in [6, 6.07) is 6.20. The van der Waals surface area contributed by atoms with E-state index in [-0.39, 0.29) is 6.04 Å². The van der Waals surface area contributed by atoms with E-state index in [1.807, 2.05) is 12.1 Å². The maximum atomic E-state index is 5.92. The van der Waals surface area contributed by atoms with Crippen LogP contribution in [-0.4, -0.2) is 20.3 Å². The minimum atomic E-state index is 0.251. The van der Waals surface area contributed by atoms with Gasteiger partial charge in [0.05, 0.1) is 14.2 Å². The molecule has 1 fully saturated rings. The Kier molecular flexibility index (Phi) is 3.06. The summed E-state index contributed by atoms with van der Waals surface area (Å²) in [6.07, 6.45) is 1.15. The van der Waals surface area contributed by atoms with Gasteiger partial charge >= 0.3 is 0 Å². The van der Waals surface area contributed by atoms with Crippen LogP contribution < -0.4 is 15.2 Å². The van der Waals surface area contributed by atoms with Crippen LogP contribution in [0.1, 0.15) is 24.8 Å². The third kappa shape index (κ3) is 2.00. The lowest BCUT2D eigenvalue weighted by Crippen LogP contribution is -2.18. The predicted molar refractivity (Wildman–Crippen MR) is 64.0 cm³/mol. The summed E-state index contributed by atoms with van der Waals surface area (Å²) >= 11 is 0. The normalized spacial score (nSPS) is 25.0. The van der Waals surface area contributed by atoms with Crippen LogP contribution in [0, 0.1) is 5.92 Å². The molecule has 0 spiro atoms. The lowest BCUT2D eigenvalue weighted by molar-refractivity contribution is 0.398. The van der Waals surface area contributed by atoms with Gasteiger partial charge in [-0.05, 0) is 43.4 Å². The van der Waals surface area contributed by atoms with Crippen molar-refractivity contribution in [2.45, 2.75) is 25.3 Å². The van der Waals surface area contributed by atoms with Crippen LogP contribution in [0.2, 0.25) is 0 Å². The number of hydrogen-bond donors (Lipinski definition) is 1. The second-order valence-electron chi connectivity index (χ2n) is 4.47. The van der Waals surface area contributed by atoms with Crippen LogP contribution in [0.5, 0.6) is 11.5 Å². The highest BCUT2D eigenvalue weighted by molar-refractivity contribution is 5.45. The summed E-state index contributed by atoms with van der Waals surface area (Å²) in [5.41, 5.74) is 7.14. The highest BCUT2D eigenvalue weighted by atomic mass is 16.5. The van der Waals surface area contributed by atoms with E-state index >= 15 is 0 Å². The lowest BCUT2D eigenvalue weighted by atomic mass is 10.1. The minimum Gasteiger partial charge on any atom is -0.497 e. The van der Waals surface area contributed by atoms with Gasteiger partial charge in [-0.1, -0.05) is 0 Å². The van der Waals surface area contributed by atoms with Crippen molar-refractivity contribution in [3.63, 3.8) is 0 Å². The molecule has 88 valence electrons. The molecule has 3 nitrogen and oxygen atoms in total. The molecule has 3 atom stereocenters. The summed E-state index contributed by atoms with van der Waals surface area (Å²) in [4.78, 5) is 0. The molecule has 1 aromatic rings. The van der Waals surface area contributed by atoms with Gasteiger partial charge in [0.2, 0.25) is 0 Å². The Morgan fingerprint density at radius 3 is 2.56 bits per heavy atom. The number of nitrogens with two attached hydrogens (primary N) is 1. The second-order valence-corrected chi connectivity index (χ2v) is 4.47. The van der Waals surface area contributed by atoms with E-state index in [1.165, 1.54) is 5.56 Å². The van der Waals surface area contributed by atoms with Crippen LogP contribution in [0.15, 0.2) is 18.2 Å². The first kappa shape index (κ1) is 11.3. The summed E-state index contributed by atoms with van der Waals surface area (Å²) < 4.78 is 10.6. The van der Waals surface area contributed by atoms with Crippen LogP contribution in [0.25, 0.3) is 0 Å². The van der Waals surface area contributed by atoms with Crippen LogP contribution >= 0.6 is 0 Å². The largest absolute Gasteiger partial charge is 0.497 e. The summed E-state index contributed by atoms with van der Waals surface area (Å²) in [6.45, 7) is 2.07. The molecule has 0 amide bonds. The van der Waals surface area contributed by atoms with Gasteiger partial charge in [-0.25, -0.2) is 0 Å². The maximum Gasteiger partial charge on any atom is 0.122 e. The smallest absolute Gasteiger partial charge is 0.122 e. The third-order valence-corrected chi connectivity index (χ3v) is 3.35. The lowest BCUT2D eigenvalue weighted by Gasteiger charge is -2.11. The zero-order chi connectivity index (χ0) is 11.7. The molecule has 3 heteroatoms. The van der Waals surface area contributed by atoms with Crippen LogP contribution in [0.4, 0.5) is 0 Å². The molecule has 0 radical (unpaired) electrons. The molecule has 1 aliphatic rings. The minimum absolute atomic E-state index is 0.251. The molecule has 0 bridgehead atoms. The number of benzene rings is 1. The molecule has 2 rings (SSSR count). The average molecular weight is 221 g/mol. The molecule has 1 aromatic carbocycles. The Balaban J connectivity index is 2.25.